The molecule has 312 valence electrons. The van der Waals surface area contributed by atoms with Crippen LogP contribution in [0.5, 0.6) is 0 Å². The number of fused-ring (bicyclic) bond motifs is 11. The van der Waals surface area contributed by atoms with E-state index in [1.165, 1.54) is 116 Å². The average molecular weight is 850 g/mol. The van der Waals surface area contributed by atoms with Gasteiger partial charge in [0.2, 0.25) is 0 Å². The highest BCUT2D eigenvalue weighted by Gasteiger charge is 2.48. The van der Waals surface area contributed by atoms with Crippen molar-refractivity contribution in [2.75, 3.05) is 0 Å². The number of hydrogen-bond acceptors (Lipinski definition) is 0. The van der Waals surface area contributed by atoms with Crippen LogP contribution in [0.4, 0.5) is 0 Å². The summed E-state index contributed by atoms with van der Waals surface area (Å²) in [6.45, 7) is 0. The Bertz CT molecular complexity index is 3870. The highest BCUT2D eigenvalue weighted by Crippen LogP contribution is 2.59. The predicted octanol–water partition coefficient (Wildman–Crippen LogP) is 16.8. The average Bonchev–Trinajstić information content (AvgIpc) is 4.03. The molecule has 2 aliphatic rings. The molecule has 1 aromatic heterocycles. The maximum Gasteiger partial charge on any atom is 0.0720 e. The first-order valence-corrected chi connectivity index (χ1v) is 23.4. The second-order valence-electron chi connectivity index (χ2n) is 18.3. The van der Waals surface area contributed by atoms with Gasteiger partial charge in [0.25, 0.3) is 0 Å². The molecular weight excluding hydrogens is 807 g/mol. The number of nitrogens with zero attached hydrogens (tertiary/aromatic N) is 1. The highest BCUT2D eigenvalue weighted by atomic mass is 15.0. The Kier molecular flexibility index (Phi) is 8.33. The minimum Gasteiger partial charge on any atom is -0.309 e. The number of rotatable bonds is 6. The lowest BCUT2D eigenvalue weighted by Crippen LogP contribution is -2.28. The van der Waals surface area contributed by atoms with Crippen LogP contribution in [0.25, 0.3) is 82.8 Å². The van der Waals surface area contributed by atoms with E-state index in [9.17, 15) is 0 Å². The van der Waals surface area contributed by atoms with Crippen LogP contribution < -0.4 is 0 Å². The third-order valence-corrected chi connectivity index (χ3v) is 14.9. The molecular formula is C66H43N. The molecule has 0 aliphatic heterocycles. The van der Waals surface area contributed by atoms with Crippen LogP contribution in [0.2, 0.25) is 0 Å². The molecule has 0 saturated heterocycles. The topological polar surface area (TPSA) is 4.93 Å². The summed E-state index contributed by atoms with van der Waals surface area (Å²) in [6, 6.07) is 95.3. The molecule has 12 aromatic rings. The van der Waals surface area contributed by atoms with Gasteiger partial charge in [0.1, 0.15) is 0 Å². The third kappa shape index (κ3) is 5.55. The number of hydrogen-bond donors (Lipinski definition) is 0. The first-order chi connectivity index (χ1) is 33.2. The van der Waals surface area contributed by atoms with Gasteiger partial charge < -0.3 is 4.57 Å². The van der Waals surface area contributed by atoms with Crippen molar-refractivity contribution in [3.8, 4) is 50.2 Å². The smallest absolute Gasteiger partial charge is 0.0720 e. The first kappa shape index (κ1) is 37.8. The molecule has 0 fully saturated rings. The summed E-state index contributed by atoms with van der Waals surface area (Å²) < 4.78 is 2.51. The number of benzene rings is 11. The molecule has 67 heavy (non-hydrogen) atoms. The van der Waals surface area contributed by atoms with E-state index in [1.54, 1.807) is 0 Å². The van der Waals surface area contributed by atoms with Gasteiger partial charge in [0, 0.05) is 22.4 Å². The zero-order valence-electron chi connectivity index (χ0n) is 36.8. The van der Waals surface area contributed by atoms with E-state index >= 15 is 0 Å². The standard InChI is InChI=1S/C66H43N/c1-4-17-43(18-5-1)46-21-16-26-52(40-46)67-61-37-34-48(47-33-35-56-58(41-47)53-27-12-13-29-55(53)63(56)49-32-31-44-19-10-11-20-45(44)39-49)42-59(61)64-62(67)38-36-57-54-28-14-15-30-60(54)66(65(57)64,50-22-6-2-7-23-50)51-24-8-3-9-25-51/h1-42,63H. The summed E-state index contributed by atoms with van der Waals surface area (Å²) in [5.41, 5.74) is 22.2. The fourth-order valence-electron chi connectivity index (χ4n) is 12.1. The van der Waals surface area contributed by atoms with Crippen molar-refractivity contribution in [2.24, 2.45) is 0 Å². The largest absolute Gasteiger partial charge is 0.309 e. The van der Waals surface area contributed by atoms with E-state index < -0.39 is 5.41 Å². The normalized spacial score (nSPS) is 14.2. The van der Waals surface area contributed by atoms with Gasteiger partial charge in [-0.15, -0.1) is 0 Å². The minimum atomic E-state index is -0.565. The van der Waals surface area contributed by atoms with Gasteiger partial charge in [-0.25, -0.2) is 0 Å². The summed E-state index contributed by atoms with van der Waals surface area (Å²) in [5.74, 6) is 0.172. The molecule has 1 heteroatoms. The monoisotopic (exact) mass is 849 g/mol. The molecule has 0 spiro atoms. The van der Waals surface area contributed by atoms with Crippen molar-refractivity contribution < 1.29 is 0 Å². The van der Waals surface area contributed by atoms with Crippen molar-refractivity contribution in [1.29, 1.82) is 0 Å². The zero-order valence-corrected chi connectivity index (χ0v) is 36.8. The molecule has 0 radical (unpaired) electrons. The molecule has 0 bridgehead atoms. The van der Waals surface area contributed by atoms with E-state index in [-0.39, 0.29) is 5.92 Å². The fraction of sp³-hybridized carbons (Fsp3) is 0.0303. The first-order valence-electron chi connectivity index (χ1n) is 23.4. The van der Waals surface area contributed by atoms with Crippen molar-refractivity contribution in [1.82, 2.24) is 4.57 Å². The van der Waals surface area contributed by atoms with Gasteiger partial charge in [-0.05, 0) is 131 Å². The molecule has 2 aliphatic carbocycles. The van der Waals surface area contributed by atoms with E-state index in [2.05, 4.69) is 259 Å². The van der Waals surface area contributed by atoms with Crippen molar-refractivity contribution in [3.63, 3.8) is 0 Å². The Hall–Kier alpha value is -8.52. The van der Waals surface area contributed by atoms with E-state index in [0.717, 1.165) is 5.69 Å². The van der Waals surface area contributed by atoms with Gasteiger partial charge >= 0.3 is 0 Å². The lowest BCUT2D eigenvalue weighted by Gasteiger charge is -2.34. The molecule has 14 rings (SSSR count). The van der Waals surface area contributed by atoms with Crippen LogP contribution in [0.1, 0.15) is 44.9 Å². The fourth-order valence-corrected chi connectivity index (χ4v) is 12.1. The zero-order chi connectivity index (χ0) is 44.1. The Morgan fingerprint density at radius 3 is 1.76 bits per heavy atom. The summed E-state index contributed by atoms with van der Waals surface area (Å²) in [7, 11) is 0. The number of aromatic nitrogens is 1. The Morgan fingerprint density at radius 2 is 0.955 bits per heavy atom. The summed E-state index contributed by atoms with van der Waals surface area (Å²) in [5, 5.41) is 5.08. The maximum atomic E-state index is 2.51. The molecule has 11 aromatic carbocycles. The molecule has 1 heterocycles. The van der Waals surface area contributed by atoms with E-state index in [1.807, 2.05) is 0 Å². The van der Waals surface area contributed by atoms with Gasteiger partial charge in [-0.3, -0.25) is 0 Å². The molecule has 1 nitrogen and oxygen atoms in total. The highest BCUT2D eigenvalue weighted by molar-refractivity contribution is 6.16. The summed E-state index contributed by atoms with van der Waals surface area (Å²) in [6.07, 6.45) is 0. The molecule has 0 N–H and O–H groups in total. The van der Waals surface area contributed by atoms with Crippen molar-refractivity contribution in [2.45, 2.75) is 11.3 Å². The molecule has 1 unspecified atom stereocenters. The lowest BCUT2D eigenvalue weighted by molar-refractivity contribution is 0.776. The van der Waals surface area contributed by atoms with Crippen molar-refractivity contribution >= 4 is 32.6 Å². The van der Waals surface area contributed by atoms with Crippen LogP contribution in [-0.2, 0) is 5.41 Å². The van der Waals surface area contributed by atoms with Crippen LogP contribution in [-0.4, -0.2) is 4.57 Å². The third-order valence-electron chi connectivity index (χ3n) is 14.9. The van der Waals surface area contributed by atoms with E-state index in [0.29, 0.717) is 0 Å². The molecule has 0 amide bonds. The maximum absolute atomic E-state index is 2.51. The van der Waals surface area contributed by atoms with Crippen LogP contribution in [0.15, 0.2) is 255 Å². The summed E-state index contributed by atoms with van der Waals surface area (Å²) in [4.78, 5) is 0. The van der Waals surface area contributed by atoms with Crippen LogP contribution in [0, 0.1) is 0 Å². The van der Waals surface area contributed by atoms with Gasteiger partial charge in [0.05, 0.1) is 16.4 Å². The quantitative estimate of drug-likeness (QED) is 0.157. The van der Waals surface area contributed by atoms with Crippen LogP contribution in [0.3, 0.4) is 0 Å². The predicted molar refractivity (Wildman–Crippen MR) is 279 cm³/mol. The van der Waals surface area contributed by atoms with Crippen LogP contribution >= 0.6 is 0 Å². The Labute approximate surface area is 390 Å². The van der Waals surface area contributed by atoms with Gasteiger partial charge in [-0.1, -0.05) is 218 Å². The Balaban J connectivity index is 1.04. The van der Waals surface area contributed by atoms with Gasteiger partial charge in [0.15, 0.2) is 0 Å². The second-order valence-corrected chi connectivity index (χ2v) is 18.3. The summed E-state index contributed by atoms with van der Waals surface area (Å²) >= 11 is 0. The minimum absolute atomic E-state index is 0.172. The van der Waals surface area contributed by atoms with Gasteiger partial charge in [-0.2, -0.15) is 0 Å². The molecule has 0 saturated carbocycles. The van der Waals surface area contributed by atoms with E-state index in [4.69, 9.17) is 0 Å². The SMILES string of the molecule is c1ccc(-c2cccc(-n3c4ccc(-c5ccc6c(c5)-c5ccccc5C6c5ccc6ccccc6c5)cc4c4c5c(ccc43)-c3ccccc3C5(c3ccccc3)c3ccccc3)c2)cc1. The molecule has 1 atom stereocenters. The van der Waals surface area contributed by atoms with Crippen molar-refractivity contribution in [3.05, 3.63) is 294 Å². The lowest BCUT2D eigenvalue weighted by atomic mass is 9.67. The Morgan fingerprint density at radius 1 is 0.343 bits per heavy atom. The second kappa shape index (κ2) is 14.8.